The fourth-order valence-electron chi connectivity index (χ4n) is 5.88. The van der Waals surface area contributed by atoms with Crippen LogP contribution in [0.1, 0.15) is 60.4 Å². The van der Waals surface area contributed by atoms with Crippen LogP contribution in [0.5, 0.6) is 0 Å². The fourth-order valence-corrected chi connectivity index (χ4v) is 6.89. The Morgan fingerprint density at radius 1 is 0.892 bits per heavy atom. The molecule has 8 nitrogen and oxygen atoms in total. The number of nitrogens with one attached hydrogen (secondary N) is 1. The number of carbonyl (C=O) groups excluding carboxylic acids is 1. The Labute approximate surface area is 219 Å². The van der Waals surface area contributed by atoms with Gasteiger partial charge in [-0.3, -0.25) is 4.79 Å². The molecule has 1 saturated carbocycles. The summed E-state index contributed by atoms with van der Waals surface area (Å²) in [6.45, 7) is 4.01. The van der Waals surface area contributed by atoms with E-state index >= 15 is 0 Å². The van der Waals surface area contributed by atoms with Gasteiger partial charge in [0.15, 0.2) is 0 Å². The third-order valence-electron chi connectivity index (χ3n) is 7.94. The molecule has 1 N–H and O–H groups in total. The van der Waals surface area contributed by atoms with E-state index in [1.54, 1.807) is 12.3 Å². The maximum atomic E-state index is 13.1. The van der Waals surface area contributed by atoms with E-state index in [1.165, 1.54) is 24.8 Å². The van der Waals surface area contributed by atoms with Gasteiger partial charge in [0.05, 0.1) is 24.0 Å². The zero-order chi connectivity index (χ0) is 26.0. The summed E-state index contributed by atoms with van der Waals surface area (Å²) in [5.41, 5.74) is 4.87. The van der Waals surface area contributed by atoms with Crippen molar-refractivity contribution in [1.82, 2.24) is 19.1 Å². The Kier molecular flexibility index (Phi) is 7.74. The third-order valence-corrected chi connectivity index (χ3v) is 9.27. The summed E-state index contributed by atoms with van der Waals surface area (Å²) >= 11 is 0. The molecule has 0 spiro atoms. The van der Waals surface area contributed by atoms with Crippen LogP contribution < -0.4 is 4.72 Å². The van der Waals surface area contributed by atoms with Gasteiger partial charge in [0.2, 0.25) is 10.0 Å². The number of aromatic nitrogens is 1. The number of furan rings is 1. The third kappa shape index (κ3) is 5.78. The van der Waals surface area contributed by atoms with Gasteiger partial charge in [0, 0.05) is 48.2 Å². The molecule has 5 rings (SSSR count). The largest absolute Gasteiger partial charge is 0.472 e. The first-order chi connectivity index (χ1) is 17.8. The molecule has 0 saturated heterocycles. The predicted molar refractivity (Wildman–Crippen MR) is 146 cm³/mol. The van der Waals surface area contributed by atoms with Crippen molar-refractivity contribution in [3.63, 3.8) is 0 Å². The number of hydrogen-bond acceptors (Lipinski definition) is 6. The van der Waals surface area contributed by atoms with E-state index < -0.39 is 15.9 Å². The lowest BCUT2D eigenvalue weighted by Gasteiger charge is -2.24. The van der Waals surface area contributed by atoms with Gasteiger partial charge < -0.3 is 18.8 Å². The zero-order valence-electron chi connectivity index (χ0n) is 21.9. The lowest BCUT2D eigenvalue weighted by Crippen LogP contribution is -2.36. The minimum atomic E-state index is -3.72. The normalized spacial score (nSPS) is 21.4. The summed E-state index contributed by atoms with van der Waals surface area (Å²) in [5, 5.41) is 1.14. The number of nitrogens with zero attached hydrogens (tertiary/aromatic N) is 3. The molecule has 37 heavy (non-hydrogen) atoms. The van der Waals surface area contributed by atoms with Gasteiger partial charge in [0.1, 0.15) is 0 Å². The van der Waals surface area contributed by atoms with Crippen LogP contribution in [0.2, 0.25) is 0 Å². The van der Waals surface area contributed by atoms with Crippen LogP contribution in [-0.4, -0.2) is 74.7 Å². The van der Waals surface area contributed by atoms with Crippen LogP contribution in [0, 0.1) is 0 Å². The highest BCUT2D eigenvalue weighted by Gasteiger charge is 2.28. The average molecular weight is 527 g/mol. The Hall–Kier alpha value is -2.62. The predicted octanol–water partition coefficient (Wildman–Crippen LogP) is 4.28. The van der Waals surface area contributed by atoms with Crippen molar-refractivity contribution in [1.29, 1.82) is 0 Å². The van der Waals surface area contributed by atoms with Crippen molar-refractivity contribution in [3.05, 3.63) is 47.9 Å². The Bertz CT molecular complexity index is 1340. The van der Waals surface area contributed by atoms with Crippen LogP contribution in [0.15, 0.2) is 41.2 Å². The SMILES string of the molecule is CN1CCCS(=O)(=O)NC(=O)c2ccc3c(C4CCCCC4)c(-c4ccoc4)n(c3c2)CCN(C)CC1. The molecule has 1 amide bonds. The highest BCUT2D eigenvalue weighted by Crippen LogP contribution is 2.44. The van der Waals surface area contributed by atoms with Gasteiger partial charge in [-0.2, -0.15) is 0 Å². The van der Waals surface area contributed by atoms with E-state index in [-0.39, 0.29) is 5.75 Å². The number of likely N-dealkylation sites (N-methyl/N-ethyl adjacent to an activating group) is 2. The van der Waals surface area contributed by atoms with Crippen LogP contribution >= 0.6 is 0 Å². The molecule has 2 aromatic heterocycles. The summed E-state index contributed by atoms with van der Waals surface area (Å²) < 4.78 is 35.4. The summed E-state index contributed by atoms with van der Waals surface area (Å²) in [6, 6.07) is 7.67. The van der Waals surface area contributed by atoms with Gasteiger partial charge in [0.25, 0.3) is 5.91 Å². The molecule has 2 bridgehead atoms. The van der Waals surface area contributed by atoms with Crippen molar-refractivity contribution >= 4 is 26.8 Å². The fraction of sp³-hybridized carbons (Fsp3) is 0.536. The molecular formula is C28H38N4O4S. The second-order valence-corrected chi connectivity index (χ2v) is 12.5. The summed E-state index contributed by atoms with van der Waals surface area (Å²) in [6.07, 6.45) is 10.0. The lowest BCUT2D eigenvalue weighted by atomic mass is 9.82. The number of benzene rings is 1. The van der Waals surface area contributed by atoms with Crippen LogP contribution in [0.4, 0.5) is 0 Å². The van der Waals surface area contributed by atoms with E-state index in [2.05, 4.69) is 26.1 Å². The second kappa shape index (κ2) is 11.0. The van der Waals surface area contributed by atoms with Crippen molar-refractivity contribution in [3.8, 4) is 11.3 Å². The molecule has 1 aliphatic heterocycles. The molecule has 0 unspecified atom stereocenters. The minimum Gasteiger partial charge on any atom is -0.472 e. The van der Waals surface area contributed by atoms with Crippen LogP contribution in [0.25, 0.3) is 22.2 Å². The Morgan fingerprint density at radius 3 is 2.35 bits per heavy atom. The van der Waals surface area contributed by atoms with E-state index in [0.29, 0.717) is 24.4 Å². The highest BCUT2D eigenvalue weighted by molar-refractivity contribution is 7.90. The standard InChI is InChI=1S/C28H38N4O4S/c1-30-12-6-18-37(34,35)29-28(33)22-9-10-24-25(19-22)32(16-15-31(2)14-13-30)27(23-11-17-36-20-23)26(24)21-7-4-3-5-8-21/h9-11,17,19-21H,3-8,12-16,18H2,1-2H3,(H,29,33). The van der Waals surface area contributed by atoms with Crippen LogP contribution in [0.3, 0.4) is 0 Å². The van der Waals surface area contributed by atoms with Crippen molar-refractivity contribution < 1.29 is 17.6 Å². The zero-order valence-corrected chi connectivity index (χ0v) is 22.7. The molecule has 1 aromatic carbocycles. The number of sulfonamides is 1. The second-order valence-electron chi connectivity index (χ2n) is 10.7. The topological polar surface area (TPSA) is 87.8 Å². The first kappa shape index (κ1) is 26.0. The number of fused-ring (bicyclic) bond motifs is 1. The van der Waals surface area contributed by atoms with Gasteiger partial charge in [-0.05, 0) is 69.6 Å². The minimum absolute atomic E-state index is 0.0754. The highest BCUT2D eigenvalue weighted by atomic mass is 32.2. The smallest absolute Gasteiger partial charge is 0.264 e. The number of rotatable bonds is 2. The number of hydrogen-bond donors (Lipinski definition) is 1. The Balaban J connectivity index is 1.66. The van der Waals surface area contributed by atoms with Gasteiger partial charge >= 0.3 is 0 Å². The summed E-state index contributed by atoms with van der Waals surface area (Å²) in [7, 11) is 0.424. The van der Waals surface area contributed by atoms with Crippen molar-refractivity contribution in [2.45, 2.75) is 51.0 Å². The maximum Gasteiger partial charge on any atom is 0.264 e. The molecule has 9 heteroatoms. The molecule has 3 aromatic rings. The molecule has 1 fully saturated rings. The number of amides is 1. The average Bonchev–Trinajstić information content (AvgIpc) is 3.51. The molecule has 0 radical (unpaired) electrons. The van der Waals surface area contributed by atoms with E-state index in [0.717, 1.165) is 61.2 Å². The van der Waals surface area contributed by atoms with E-state index in [1.807, 2.05) is 31.5 Å². The molecule has 200 valence electrons. The van der Waals surface area contributed by atoms with Gasteiger partial charge in [-0.1, -0.05) is 25.3 Å². The maximum absolute atomic E-state index is 13.1. The molecule has 1 aliphatic carbocycles. The molecule has 3 heterocycles. The monoisotopic (exact) mass is 526 g/mol. The molecular weight excluding hydrogens is 488 g/mol. The summed E-state index contributed by atoms with van der Waals surface area (Å²) in [4.78, 5) is 17.5. The van der Waals surface area contributed by atoms with Crippen molar-refractivity contribution in [2.24, 2.45) is 0 Å². The lowest BCUT2D eigenvalue weighted by molar-refractivity contribution is 0.0981. The van der Waals surface area contributed by atoms with Crippen molar-refractivity contribution in [2.75, 3.05) is 46.0 Å². The summed E-state index contributed by atoms with van der Waals surface area (Å²) in [5.74, 6) is -0.201. The van der Waals surface area contributed by atoms with Gasteiger partial charge in [-0.15, -0.1) is 0 Å². The first-order valence-corrected chi connectivity index (χ1v) is 15.1. The van der Waals surface area contributed by atoms with Gasteiger partial charge in [-0.25, -0.2) is 13.1 Å². The number of carbonyl (C=O) groups is 1. The molecule has 2 aliphatic rings. The Morgan fingerprint density at radius 2 is 1.62 bits per heavy atom. The van der Waals surface area contributed by atoms with E-state index in [9.17, 15) is 13.2 Å². The quantitative estimate of drug-likeness (QED) is 0.537. The molecule has 0 atom stereocenters. The van der Waals surface area contributed by atoms with E-state index in [4.69, 9.17) is 4.42 Å². The first-order valence-electron chi connectivity index (χ1n) is 13.4. The van der Waals surface area contributed by atoms with Crippen LogP contribution in [-0.2, 0) is 16.6 Å².